The van der Waals surface area contributed by atoms with Crippen LogP contribution in [0, 0.1) is 0 Å². The maximum absolute atomic E-state index is 6.17. The Morgan fingerprint density at radius 1 is 0.704 bits per heavy atom. The van der Waals surface area contributed by atoms with Crippen molar-refractivity contribution >= 4 is 38.2 Å². The van der Waals surface area contributed by atoms with Crippen LogP contribution in [0.1, 0.15) is 38.8 Å². The molecule has 0 aliphatic rings. The van der Waals surface area contributed by atoms with E-state index in [1.54, 1.807) is 0 Å². The monoisotopic (exact) mass is 474 g/mol. The van der Waals surface area contributed by atoms with Gasteiger partial charge in [0.15, 0.2) is 0 Å². The first-order valence-electron chi connectivity index (χ1n) is 9.20. The number of halogens is 2. The van der Waals surface area contributed by atoms with Gasteiger partial charge in [0.25, 0.3) is 0 Å². The summed E-state index contributed by atoms with van der Waals surface area (Å²) >= 11 is 12.4. The van der Waals surface area contributed by atoms with Crippen molar-refractivity contribution in [1.82, 2.24) is 0 Å². The second-order valence-electron chi connectivity index (χ2n) is 6.83. The Kier molecular flexibility index (Phi) is 8.67. The zero-order chi connectivity index (χ0) is 19.9. The van der Waals surface area contributed by atoms with Gasteiger partial charge in [-0.25, -0.2) is 0 Å². The molecule has 0 amide bonds. The van der Waals surface area contributed by atoms with E-state index in [2.05, 4.69) is 38.1 Å². The first-order chi connectivity index (χ1) is 12.8. The summed E-state index contributed by atoms with van der Waals surface area (Å²) in [6.45, 7) is 9.77. The first-order valence-corrected chi connectivity index (χ1v) is 12.4. The van der Waals surface area contributed by atoms with E-state index in [1.165, 1.54) is 11.1 Å². The van der Waals surface area contributed by atoms with E-state index in [0.29, 0.717) is 28.2 Å². The summed E-state index contributed by atoms with van der Waals surface area (Å²) in [4.78, 5) is 0. The van der Waals surface area contributed by atoms with E-state index in [1.807, 2.05) is 38.1 Å². The molecule has 2 nitrogen and oxygen atoms in total. The minimum absolute atomic E-state index is 0.313. The van der Waals surface area contributed by atoms with E-state index < -0.39 is 0 Å². The molecule has 0 N–H and O–H groups in total. The third kappa shape index (κ3) is 6.22. The Morgan fingerprint density at radius 3 is 1.33 bits per heavy atom. The maximum atomic E-state index is 6.17. The Balaban J connectivity index is 2.13. The first kappa shape index (κ1) is 22.7. The van der Waals surface area contributed by atoms with Crippen LogP contribution >= 0.6 is 23.2 Å². The molecule has 0 bridgehead atoms. The van der Waals surface area contributed by atoms with Gasteiger partial charge in [-0.05, 0) is 0 Å². The van der Waals surface area contributed by atoms with Crippen LogP contribution in [0.2, 0.25) is 20.7 Å². The minimum atomic E-state index is -0.313. The van der Waals surface area contributed by atoms with Crippen LogP contribution in [0.25, 0.3) is 0 Å². The van der Waals surface area contributed by atoms with Gasteiger partial charge in [-0.2, -0.15) is 0 Å². The van der Waals surface area contributed by atoms with Crippen molar-refractivity contribution < 1.29 is 9.47 Å². The van der Waals surface area contributed by atoms with Crippen molar-refractivity contribution in [2.45, 2.75) is 49.5 Å². The van der Waals surface area contributed by atoms with Gasteiger partial charge < -0.3 is 0 Å². The normalized spacial score (nSPS) is 15.9. The molecular weight excluding hydrogens is 446 g/mol. The molecule has 0 aromatic heterocycles. The molecule has 0 radical (unpaired) electrons. The fraction of sp³-hybridized carbons (Fsp3) is 0.455. The van der Waals surface area contributed by atoms with Gasteiger partial charge >= 0.3 is 180 Å². The molecular formula is C22H28Cl2O2Se. The number of rotatable bonds is 10. The van der Waals surface area contributed by atoms with Gasteiger partial charge in [0.2, 0.25) is 0 Å². The molecule has 0 aliphatic carbocycles. The molecule has 148 valence electrons. The number of hydrogen-bond acceptors (Lipinski definition) is 2. The molecule has 2 aromatic rings. The van der Waals surface area contributed by atoms with Crippen LogP contribution in [0.4, 0.5) is 0 Å². The fourth-order valence-corrected chi connectivity index (χ4v) is 6.25. The Hall–Kier alpha value is -0.541. The van der Waals surface area contributed by atoms with Crippen LogP contribution in [0.3, 0.4) is 0 Å². The van der Waals surface area contributed by atoms with Gasteiger partial charge in [-0.3, -0.25) is 0 Å². The number of benzene rings is 2. The third-order valence-corrected chi connectivity index (χ3v) is 8.26. The van der Waals surface area contributed by atoms with Gasteiger partial charge in [-0.15, -0.1) is 0 Å². The van der Waals surface area contributed by atoms with E-state index in [4.69, 9.17) is 32.7 Å². The summed E-state index contributed by atoms with van der Waals surface area (Å²) in [7, 11) is 0. The Labute approximate surface area is 179 Å². The quantitative estimate of drug-likeness (QED) is 0.355. The van der Waals surface area contributed by atoms with E-state index in [-0.39, 0.29) is 11.2 Å². The molecule has 2 unspecified atom stereocenters. The predicted molar refractivity (Wildman–Crippen MR) is 116 cm³/mol. The second kappa shape index (κ2) is 10.3. The summed E-state index contributed by atoms with van der Waals surface area (Å²) in [5.74, 6) is 0. The van der Waals surface area contributed by atoms with E-state index >= 15 is 0 Å². The van der Waals surface area contributed by atoms with E-state index in [9.17, 15) is 0 Å². The summed E-state index contributed by atoms with van der Waals surface area (Å²) in [5.41, 5.74) is 1.71. The summed E-state index contributed by atoms with van der Waals surface area (Å²) in [6.07, 6.45) is 0. The van der Waals surface area contributed by atoms with Gasteiger partial charge in [0.1, 0.15) is 0 Å². The molecule has 2 atom stereocenters. The second-order valence-corrected chi connectivity index (χ2v) is 9.78. The average molecular weight is 474 g/mol. The molecule has 0 saturated heterocycles. The van der Waals surface area contributed by atoms with Crippen LogP contribution in [0.15, 0.2) is 48.5 Å². The number of ether oxygens (including phenoxy) is 2. The van der Waals surface area contributed by atoms with Crippen molar-refractivity contribution in [1.29, 1.82) is 0 Å². The molecule has 0 fully saturated rings. The van der Waals surface area contributed by atoms with Crippen molar-refractivity contribution in [2.75, 3.05) is 13.2 Å². The molecule has 0 spiro atoms. The molecule has 2 rings (SSSR count). The standard InChI is InChI=1S/C22H28Cl2O2Se/c1-5-25-21(3,17-7-11-19(23)12-8-17)15-27-16-22(4,26-6-2)18-9-13-20(24)14-10-18/h7-14H,5-6,15-16H2,1-4H3. The Morgan fingerprint density at radius 2 is 1.04 bits per heavy atom. The summed E-state index contributed by atoms with van der Waals surface area (Å²) in [5, 5.41) is 3.42. The SMILES string of the molecule is CCOC(C)(C[Se]CC(C)(OCC)c1ccc(Cl)cc1)c1ccc(Cl)cc1. The number of hydrogen-bond donors (Lipinski definition) is 0. The topological polar surface area (TPSA) is 18.5 Å². The molecule has 0 aliphatic heterocycles. The molecule has 0 heterocycles. The van der Waals surface area contributed by atoms with Crippen LogP contribution in [-0.4, -0.2) is 28.2 Å². The zero-order valence-electron chi connectivity index (χ0n) is 16.4. The van der Waals surface area contributed by atoms with Crippen molar-refractivity contribution in [3.05, 3.63) is 69.7 Å². The van der Waals surface area contributed by atoms with Crippen molar-refractivity contribution in [2.24, 2.45) is 0 Å². The van der Waals surface area contributed by atoms with Gasteiger partial charge in [0, 0.05) is 0 Å². The average Bonchev–Trinajstić information content (AvgIpc) is 2.63. The predicted octanol–water partition coefficient (Wildman–Crippen LogP) is 6.74. The summed E-state index contributed by atoms with van der Waals surface area (Å²) in [6, 6.07) is 16.0. The molecule has 5 heteroatoms. The third-order valence-electron chi connectivity index (χ3n) is 4.59. The van der Waals surface area contributed by atoms with Gasteiger partial charge in [0.05, 0.1) is 0 Å². The van der Waals surface area contributed by atoms with Crippen LogP contribution in [0.5, 0.6) is 0 Å². The summed E-state index contributed by atoms with van der Waals surface area (Å²) < 4.78 is 12.3. The molecule has 0 saturated carbocycles. The van der Waals surface area contributed by atoms with Crippen LogP contribution in [-0.2, 0) is 20.7 Å². The fourth-order valence-electron chi connectivity index (χ4n) is 3.10. The van der Waals surface area contributed by atoms with Gasteiger partial charge in [-0.1, -0.05) is 0 Å². The molecule has 2 aromatic carbocycles. The van der Waals surface area contributed by atoms with Crippen molar-refractivity contribution in [3.63, 3.8) is 0 Å². The zero-order valence-corrected chi connectivity index (χ0v) is 19.7. The van der Waals surface area contributed by atoms with Crippen LogP contribution < -0.4 is 0 Å². The molecule has 27 heavy (non-hydrogen) atoms. The Bertz CT molecular complexity index is 644. The van der Waals surface area contributed by atoms with E-state index in [0.717, 1.165) is 20.7 Å². The van der Waals surface area contributed by atoms with Crippen molar-refractivity contribution in [3.8, 4) is 0 Å².